The Kier molecular flexibility index (Phi) is 3.34. The van der Waals surface area contributed by atoms with Crippen LogP contribution >= 0.6 is 0 Å². The maximum absolute atomic E-state index is 12.6. The highest BCUT2D eigenvalue weighted by Gasteiger charge is 2.49. The number of likely N-dealkylation sites (tertiary alicyclic amines) is 1. The van der Waals surface area contributed by atoms with E-state index in [0.29, 0.717) is 18.8 Å². The van der Waals surface area contributed by atoms with Gasteiger partial charge in [0.2, 0.25) is 5.91 Å². The first-order chi connectivity index (χ1) is 12.7. The number of amides is 1. The van der Waals surface area contributed by atoms with Gasteiger partial charge in [-0.3, -0.25) is 9.59 Å². The fraction of sp³-hybridized carbons (Fsp3) is 0.316. The molecule has 1 saturated heterocycles. The Hall–Kier alpha value is -3.09. The van der Waals surface area contributed by atoms with E-state index in [-0.39, 0.29) is 29.2 Å². The first-order valence-corrected chi connectivity index (χ1v) is 8.76. The summed E-state index contributed by atoms with van der Waals surface area (Å²) in [5.74, 6) is 1.25. The van der Waals surface area contributed by atoms with Gasteiger partial charge >= 0.3 is 0 Å². The number of para-hydroxylation sites is 1. The molecule has 0 unspecified atom stereocenters. The van der Waals surface area contributed by atoms with E-state index in [1.807, 2.05) is 52.3 Å². The second kappa shape index (κ2) is 5.72. The lowest BCUT2D eigenvalue weighted by atomic mass is 9.96. The van der Waals surface area contributed by atoms with Crippen molar-refractivity contribution in [3.8, 4) is 5.69 Å². The Morgan fingerprint density at radius 1 is 1.23 bits per heavy atom. The summed E-state index contributed by atoms with van der Waals surface area (Å²) in [6, 6.07) is 11.4. The number of carbonyl (C=O) groups excluding carboxylic acids is 1. The van der Waals surface area contributed by atoms with Crippen molar-refractivity contribution in [3.63, 3.8) is 0 Å². The van der Waals surface area contributed by atoms with Crippen LogP contribution in [0.3, 0.4) is 0 Å². The van der Waals surface area contributed by atoms with Gasteiger partial charge in [0.1, 0.15) is 5.76 Å². The first kappa shape index (κ1) is 15.2. The minimum Gasteiger partial charge on any atom is -0.383 e. The number of H-pyrrole nitrogens is 1. The molecule has 3 aromatic rings. The lowest BCUT2D eigenvalue weighted by Crippen LogP contribution is -2.49. The van der Waals surface area contributed by atoms with Gasteiger partial charge in [-0.2, -0.15) is 10.3 Å². The van der Waals surface area contributed by atoms with Crippen molar-refractivity contribution in [2.45, 2.75) is 18.3 Å². The smallest absolute Gasteiger partial charge is 0.280 e. The predicted octanol–water partition coefficient (Wildman–Crippen LogP) is 1.88. The molecule has 2 aromatic heterocycles. The lowest BCUT2D eigenvalue weighted by Gasteiger charge is -2.38. The number of benzene rings is 1. The SMILES string of the molecule is O=C([C@@H]1C[C@H]1c1cnn(-c2ccccc2)c1)N1CC(c2cc(=O)[nH]o2)C1. The van der Waals surface area contributed by atoms with E-state index < -0.39 is 0 Å². The maximum atomic E-state index is 12.6. The molecule has 0 spiro atoms. The van der Waals surface area contributed by atoms with E-state index in [0.717, 1.165) is 17.7 Å². The molecule has 1 N–H and O–H groups in total. The predicted molar refractivity (Wildman–Crippen MR) is 93.1 cm³/mol. The van der Waals surface area contributed by atoms with Gasteiger partial charge in [-0.25, -0.2) is 4.68 Å². The van der Waals surface area contributed by atoms with Crippen LogP contribution in [-0.4, -0.2) is 38.8 Å². The summed E-state index contributed by atoms with van der Waals surface area (Å²) in [4.78, 5) is 25.6. The van der Waals surface area contributed by atoms with Gasteiger partial charge in [0.25, 0.3) is 5.56 Å². The van der Waals surface area contributed by atoms with E-state index in [1.165, 1.54) is 6.07 Å². The maximum Gasteiger partial charge on any atom is 0.280 e. The number of aromatic amines is 1. The molecule has 2 fully saturated rings. The van der Waals surface area contributed by atoms with Crippen molar-refractivity contribution in [1.82, 2.24) is 19.8 Å². The summed E-state index contributed by atoms with van der Waals surface area (Å²) < 4.78 is 6.97. The third-order valence-electron chi connectivity index (χ3n) is 5.30. The minimum absolute atomic E-state index is 0.0441. The summed E-state index contributed by atoms with van der Waals surface area (Å²) in [5.41, 5.74) is 1.89. The fourth-order valence-corrected chi connectivity index (χ4v) is 3.66. The van der Waals surface area contributed by atoms with E-state index in [4.69, 9.17) is 4.52 Å². The number of nitrogens with one attached hydrogen (secondary N) is 1. The largest absolute Gasteiger partial charge is 0.383 e. The average molecular weight is 350 g/mol. The van der Waals surface area contributed by atoms with E-state index >= 15 is 0 Å². The summed E-state index contributed by atoms with van der Waals surface area (Å²) in [5, 5.41) is 6.72. The van der Waals surface area contributed by atoms with Gasteiger partial charge in [-0.05, 0) is 30.0 Å². The second-order valence-corrected chi connectivity index (χ2v) is 7.06. The van der Waals surface area contributed by atoms with Gasteiger partial charge in [0.15, 0.2) is 0 Å². The van der Waals surface area contributed by atoms with Gasteiger partial charge in [-0.15, -0.1) is 0 Å². The molecule has 0 radical (unpaired) electrons. The number of hydrogen-bond donors (Lipinski definition) is 1. The van der Waals surface area contributed by atoms with Crippen molar-refractivity contribution in [3.05, 3.63) is 70.5 Å². The average Bonchev–Trinajstić information content (AvgIpc) is 3.06. The van der Waals surface area contributed by atoms with Crippen LogP contribution in [0.1, 0.15) is 29.6 Å². The van der Waals surface area contributed by atoms with Crippen molar-refractivity contribution in [1.29, 1.82) is 0 Å². The molecular weight excluding hydrogens is 332 g/mol. The highest BCUT2D eigenvalue weighted by atomic mass is 16.5. The first-order valence-electron chi connectivity index (χ1n) is 8.76. The fourth-order valence-electron chi connectivity index (χ4n) is 3.66. The minimum atomic E-state index is -0.234. The van der Waals surface area contributed by atoms with Crippen LogP contribution < -0.4 is 5.56 Å². The van der Waals surface area contributed by atoms with Crippen LogP contribution in [0.4, 0.5) is 0 Å². The number of rotatable bonds is 4. The quantitative estimate of drug-likeness (QED) is 0.779. The van der Waals surface area contributed by atoms with Gasteiger partial charge < -0.3 is 9.42 Å². The molecule has 1 aliphatic heterocycles. The molecule has 1 amide bonds. The van der Waals surface area contributed by atoms with Crippen LogP contribution in [0.2, 0.25) is 0 Å². The highest BCUT2D eigenvalue weighted by molar-refractivity contribution is 5.83. The van der Waals surface area contributed by atoms with Crippen LogP contribution in [-0.2, 0) is 4.79 Å². The zero-order valence-electron chi connectivity index (χ0n) is 14.0. The van der Waals surface area contributed by atoms with Crippen LogP contribution in [0.15, 0.2) is 58.1 Å². The molecule has 7 nitrogen and oxygen atoms in total. The van der Waals surface area contributed by atoms with Crippen LogP contribution in [0, 0.1) is 5.92 Å². The Balaban J connectivity index is 1.21. The highest BCUT2D eigenvalue weighted by Crippen LogP contribution is 2.49. The Morgan fingerprint density at radius 2 is 2.04 bits per heavy atom. The molecular formula is C19H18N4O3. The molecule has 5 rings (SSSR count). The normalized spacial score (nSPS) is 22.2. The molecule has 1 aromatic carbocycles. The number of hydrogen-bond acceptors (Lipinski definition) is 4. The van der Waals surface area contributed by atoms with Crippen molar-refractivity contribution in [2.75, 3.05) is 13.1 Å². The molecule has 3 heterocycles. The van der Waals surface area contributed by atoms with E-state index in [9.17, 15) is 9.59 Å². The van der Waals surface area contributed by atoms with Crippen LogP contribution in [0.5, 0.6) is 0 Å². The van der Waals surface area contributed by atoms with Crippen molar-refractivity contribution >= 4 is 5.91 Å². The molecule has 1 aliphatic carbocycles. The second-order valence-electron chi connectivity index (χ2n) is 7.06. The molecule has 7 heteroatoms. The molecule has 2 aliphatic rings. The number of aromatic nitrogens is 3. The molecule has 2 atom stereocenters. The zero-order valence-corrected chi connectivity index (χ0v) is 14.0. The van der Waals surface area contributed by atoms with Gasteiger partial charge in [0.05, 0.1) is 17.8 Å². The molecule has 0 bridgehead atoms. The third-order valence-corrected chi connectivity index (χ3v) is 5.30. The molecule has 26 heavy (non-hydrogen) atoms. The summed E-state index contributed by atoms with van der Waals surface area (Å²) >= 11 is 0. The summed E-state index contributed by atoms with van der Waals surface area (Å²) in [6.45, 7) is 1.23. The summed E-state index contributed by atoms with van der Waals surface area (Å²) in [7, 11) is 0. The number of carbonyl (C=O) groups is 1. The standard InChI is InChI=1S/C19H18N4O3/c24-18-7-17(26-21-18)13-9-22(10-13)19(25)16-6-15(16)12-8-20-23(11-12)14-4-2-1-3-5-14/h1-5,7-8,11,13,15-16H,6,9-10H2,(H,21,24)/t15-,16+/m0/s1. The molecule has 132 valence electrons. The Bertz CT molecular complexity index is 997. The van der Waals surface area contributed by atoms with Crippen LogP contribution in [0.25, 0.3) is 5.69 Å². The summed E-state index contributed by atoms with van der Waals surface area (Å²) in [6.07, 6.45) is 4.75. The van der Waals surface area contributed by atoms with E-state index in [2.05, 4.69) is 10.3 Å². The Morgan fingerprint density at radius 3 is 2.77 bits per heavy atom. The number of nitrogens with zero attached hydrogens (tertiary/aromatic N) is 3. The topological polar surface area (TPSA) is 84.1 Å². The van der Waals surface area contributed by atoms with Gasteiger partial charge in [0, 0.05) is 31.3 Å². The van der Waals surface area contributed by atoms with Crippen molar-refractivity contribution < 1.29 is 9.32 Å². The monoisotopic (exact) mass is 350 g/mol. The molecule has 1 saturated carbocycles. The van der Waals surface area contributed by atoms with Gasteiger partial charge in [-0.1, -0.05) is 18.2 Å². The van der Waals surface area contributed by atoms with Crippen molar-refractivity contribution in [2.24, 2.45) is 5.92 Å². The lowest BCUT2D eigenvalue weighted by molar-refractivity contribution is -0.137. The Labute approximate surface area is 149 Å². The zero-order chi connectivity index (χ0) is 17.7. The van der Waals surface area contributed by atoms with E-state index in [1.54, 1.807) is 0 Å². The third kappa shape index (κ3) is 2.56.